The van der Waals surface area contributed by atoms with Crippen molar-refractivity contribution in [2.24, 2.45) is 11.3 Å². The molecule has 2 rings (SSSR count). The van der Waals surface area contributed by atoms with E-state index in [2.05, 4.69) is 31.2 Å². The monoisotopic (exact) mass is 268 g/mol. The molecule has 19 heavy (non-hydrogen) atoms. The van der Waals surface area contributed by atoms with E-state index in [4.69, 9.17) is 4.74 Å². The zero-order valence-corrected chi connectivity index (χ0v) is 13.1. The molecule has 2 fully saturated rings. The average molecular weight is 268 g/mol. The van der Waals surface area contributed by atoms with Crippen LogP contribution in [-0.4, -0.2) is 51.3 Å². The summed E-state index contributed by atoms with van der Waals surface area (Å²) in [6, 6.07) is 0.738. The first-order chi connectivity index (χ1) is 9.15. The van der Waals surface area contributed by atoms with E-state index in [9.17, 15) is 0 Å². The summed E-state index contributed by atoms with van der Waals surface area (Å²) in [4.78, 5) is 2.62. The van der Waals surface area contributed by atoms with Gasteiger partial charge in [-0.05, 0) is 51.1 Å². The van der Waals surface area contributed by atoms with Gasteiger partial charge >= 0.3 is 0 Å². The average Bonchev–Trinajstić information content (AvgIpc) is 2.43. The van der Waals surface area contributed by atoms with Crippen molar-refractivity contribution in [3.8, 4) is 0 Å². The lowest BCUT2D eigenvalue weighted by Crippen LogP contribution is -2.48. The zero-order valence-electron chi connectivity index (χ0n) is 13.1. The normalized spacial score (nSPS) is 33.8. The largest absolute Gasteiger partial charge is 0.381 e. The second kappa shape index (κ2) is 7.05. The zero-order chi connectivity index (χ0) is 13.7. The molecule has 1 saturated carbocycles. The SMILES string of the molecule is CNCC1(CN(C)C2CCOCC2)CCC(C)CC1. The molecule has 0 aromatic rings. The van der Waals surface area contributed by atoms with Gasteiger partial charge in [0.2, 0.25) is 0 Å². The van der Waals surface area contributed by atoms with Crippen molar-refractivity contribution in [2.45, 2.75) is 51.5 Å². The van der Waals surface area contributed by atoms with E-state index in [1.165, 1.54) is 51.6 Å². The number of hydrogen-bond acceptors (Lipinski definition) is 3. The van der Waals surface area contributed by atoms with Crippen LogP contribution in [0.3, 0.4) is 0 Å². The van der Waals surface area contributed by atoms with Crippen LogP contribution in [0, 0.1) is 11.3 Å². The molecule has 0 bridgehead atoms. The maximum atomic E-state index is 5.49. The van der Waals surface area contributed by atoms with Gasteiger partial charge in [-0.25, -0.2) is 0 Å². The van der Waals surface area contributed by atoms with Crippen molar-refractivity contribution in [3.63, 3.8) is 0 Å². The minimum atomic E-state index is 0.508. The summed E-state index contributed by atoms with van der Waals surface area (Å²) in [5.74, 6) is 0.929. The van der Waals surface area contributed by atoms with E-state index in [1.807, 2.05) is 0 Å². The smallest absolute Gasteiger partial charge is 0.0480 e. The first kappa shape index (κ1) is 15.3. The van der Waals surface area contributed by atoms with Crippen LogP contribution in [0.15, 0.2) is 0 Å². The Labute approximate surface area is 119 Å². The third-order valence-electron chi connectivity index (χ3n) is 5.29. The highest BCUT2D eigenvalue weighted by molar-refractivity contribution is 4.90. The minimum absolute atomic E-state index is 0.508. The number of rotatable bonds is 5. The fourth-order valence-corrected chi connectivity index (χ4v) is 3.92. The molecule has 0 atom stereocenters. The van der Waals surface area contributed by atoms with Crippen molar-refractivity contribution in [2.75, 3.05) is 40.4 Å². The van der Waals surface area contributed by atoms with Gasteiger partial charge in [0, 0.05) is 32.3 Å². The summed E-state index contributed by atoms with van der Waals surface area (Å²) < 4.78 is 5.49. The van der Waals surface area contributed by atoms with Crippen LogP contribution < -0.4 is 5.32 Å². The predicted molar refractivity (Wildman–Crippen MR) is 80.5 cm³/mol. The van der Waals surface area contributed by atoms with Crippen LogP contribution in [0.2, 0.25) is 0 Å². The van der Waals surface area contributed by atoms with Crippen molar-refractivity contribution in [1.82, 2.24) is 10.2 Å². The van der Waals surface area contributed by atoms with Crippen LogP contribution >= 0.6 is 0 Å². The van der Waals surface area contributed by atoms with Crippen LogP contribution in [0.4, 0.5) is 0 Å². The maximum absolute atomic E-state index is 5.49. The van der Waals surface area contributed by atoms with E-state index in [0.717, 1.165) is 25.2 Å². The lowest BCUT2D eigenvalue weighted by molar-refractivity contribution is 0.0168. The molecular formula is C16H32N2O. The molecule has 1 aliphatic carbocycles. The maximum Gasteiger partial charge on any atom is 0.0480 e. The third kappa shape index (κ3) is 4.17. The fraction of sp³-hybridized carbons (Fsp3) is 1.00. The van der Waals surface area contributed by atoms with Crippen LogP contribution in [0.5, 0.6) is 0 Å². The van der Waals surface area contributed by atoms with Gasteiger partial charge in [-0.15, -0.1) is 0 Å². The third-order valence-corrected chi connectivity index (χ3v) is 5.29. The first-order valence-electron chi connectivity index (χ1n) is 8.08. The van der Waals surface area contributed by atoms with Gasteiger partial charge < -0.3 is 15.0 Å². The van der Waals surface area contributed by atoms with Gasteiger partial charge in [-0.3, -0.25) is 0 Å². The van der Waals surface area contributed by atoms with Gasteiger partial charge in [0.25, 0.3) is 0 Å². The van der Waals surface area contributed by atoms with E-state index in [-0.39, 0.29) is 0 Å². The summed E-state index contributed by atoms with van der Waals surface area (Å²) in [6.07, 6.45) is 8.02. The Bertz CT molecular complexity index is 255. The molecule has 2 aliphatic rings. The summed E-state index contributed by atoms with van der Waals surface area (Å²) in [5.41, 5.74) is 0.508. The van der Waals surface area contributed by atoms with Gasteiger partial charge in [0.05, 0.1) is 0 Å². The van der Waals surface area contributed by atoms with E-state index < -0.39 is 0 Å². The molecule has 3 nitrogen and oxygen atoms in total. The highest BCUT2D eigenvalue weighted by Crippen LogP contribution is 2.39. The summed E-state index contributed by atoms with van der Waals surface area (Å²) >= 11 is 0. The molecular weight excluding hydrogens is 236 g/mol. The Morgan fingerprint density at radius 3 is 2.37 bits per heavy atom. The molecule has 1 saturated heterocycles. The fourth-order valence-electron chi connectivity index (χ4n) is 3.92. The quantitative estimate of drug-likeness (QED) is 0.829. The summed E-state index contributed by atoms with van der Waals surface area (Å²) in [5, 5.41) is 3.45. The van der Waals surface area contributed by atoms with Crippen LogP contribution in [0.25, 0.3) is 0 Å². The molecule has 1 aliphatic heterocycles. The van der Waals surface area contributed by atoms with Gasteiger partial charge in [-0.1, -0.05) is 19.8 Å². The number of nitrogens with zero attached hydrogens (tertiary/aromatic N) is 1. The molecule has 0 aromatic heterocycles. The molecule has 1 heterocycles. The molecule has 0 amide bonds. The Kier molecular flexibility index (Phi) is 5.67. The summed E-state index contributed by atoms with van der Waals surface area (Å²) in [6.45, 7) is 6.74. The van der Waals surface area contributed by atoms with Gasteiger partial charge in [-0.2, -0.15) is 0 Å². The Morgan fingerprint density at radius 2 is 1.79 bits per heavy atom. The number of hydrogen-bond donors (Lipinski definition) is 1. The molecule has 112 valence electrons. The lowest BCUT2D eigenvalue weighted by atomic mass is 9.70. The first-order valence-corrected chi connectivity index (χ1v) is 8.08. The molecule has 0 spiro atoms. The van der Waals surface area contributed by atoms with Crippen molar-refractivity contribution in [1.29, 1.82) is 0 Å². The molecule has 1 N–H and O–H groups in total. The molecule has 3 heteroatoms. The van der Waals surface area contributed by atoms with E-state index in [1.54, 1.807) is 0 Å². The van der Waals surface area contributed by atoms with E-state index in [0.29, 0.717) is 5.41 Å². The minimum Gasteiger partial charge on any atom is -0.381 e. The predicted octanol–water partition coefficient (Wildman–Crippen LogP) is 2.51. The van der Waals surface area contributed by atoms with Crippen molar-refractivity contribution >= 4 is 0 Å². The highest BCUT2D eigenvalue weighted by Gasteiger charge is 2.36. The molecule has 0 aromatic carbocycles. The van der Waals surface area contributed by atoms with Gasteiger partial charge in [0.1, 0.15) is 0 Å². The Morgan fingerprint density at radius 1 is 1.16 bits per heavy atom. The van der Waals surface area contributed by atoms with Crippen LogP contribution in [-0.2, 0) is 4.74 Å². The summed E-state index contributed by atoms with van der Waals surface area (Å²) in [7, 11) is 4.43. The van der Waals surface area contributed by atoms with Crippen molar-refractivity contribution < 1.29 is 4.74 Å². The standard InChI is InChI=1S/C16H32N2O/c1-14-4-8-16(9-5-14,12-17-2)13-18(3)15-6-10-19-11-7-15/h14-15,17H,4-13H2,1-3H3. The lowest BCUT2D eigenvalue weighted by Gasteiger charge is -2.44. The van der Waals surface area contributed by atoms with Crippen molar-refractivity contribution in [3.05, 3.63) is 0 Å². The number of nitrogens with one attached hydrogen (secondary N) is 1. The Balaban J connectivity index is 1.91. The highest BCUT2D eigenvalue weighted by atomic mass is 16.5. The van der Waals surface area contributed by atoms with E-state index >= 15 is 0 Å². The number of ether oxygens (including phenoxy) is 1. The van der Waals surface area contributed by atoms with Gasteiger partial charge in [0.15, 0.2) is 0 Å². The second-order valence-corrected chi connectivity index (χ2v) is 6.97. The molecule has 0 unspecified atom stereocenters. The molecule has 0 radical (unpaired) electrons. The topological polar surface area (TPSA) is 24.5 Å². The Hall–Kier alpha value is -0.120. The van der Waals surface area contributed by atoms with Crippen LogP contribution in [0.1, 0.15) is 45.4 Å². The second-order valence-electron chi connectivity index (χ2n) is 6.97.